The molecule has 13 aromatic rings. The fraction of sp³-hybridized carbons (Fsp3) is 0.258. The molecule has 13 rings (SSSR count). The SMILES string of the molecule is CC(C)COc1cc(C(=O)Nc2cccc(NC(=O)c3cc(OCC(C)C)cc(C(=O)Nc4cccc(NC(=O)c5cc(OCC(C)C)c6cccc(NC(=O)c7cc(OCC(C)C)c8cccc([N+](=O)[O-])c8n7)c6n5)n4)n3)n2)nc(C(=O)Nc2cccc(NC(=O)c3cc(OCC(C)C)c4cccc(NC(=O)c5cc(OCC(C)C)c6cccc([N+](=O)[O-])c6n5)c4n3)n2)c1. The molecule has 0 spiro atoms. The zero-order valence-corrected chi connectivity index (χ0v) is 72.7. The summed E-state index contributed by atoms with van der Waals surface area (Å²) in [5.41, 5.74) is -2.13. The third kappa shape index (κ3) is 23.0. The molecule has 8 amide bonds. The largest absolute Gasteiger partial charge is 0.493 e. The predicted octanol–water partition coefficient (Wildman–Crippen LogP) is 16.9. The van der Waals surface area contributed by atoms with Gasteiger partial charge in [-0.2, -0.15) is 0 Å². The molecule has 0 atom stereocenters. The maximum Gasteiger partial charge on any atom is 0.295 e. The van der Waals surface area contributed by atoms with Crippen molar-refractivity contribution >= 4 is 149 Å². The minimum Gasteiger partial charge on any atom is -0.493 e. The highest BCUT2D eigenvalue weighted by Gasteiger charge is 2.29. The smallest absolute Gasteiger partial charge is 0.295 e. The quantitative estimate of drug-likeness (QED) is 0.0133. The van der Waals surface area contributed by atoms with E-state index in [2.05, 4.69) is 77.4 Å². The highest BCUT2D eigenvalue weighted by atomic mass is 16.6. The van der Waals surface area contributed by atoms with Gasteiger partial charge in [0.2, 0.25) is 0 Å². The molecule has 4 aromatic carbocycles. The lowest BCUT2D eigenvalue weighted by Crippen LogP contribution is -2.21. The van der Waals surface area contributed by atoms with Gasteiger partial charge in [0.1, 0.15) is 115 Å². The Morgan fingerprint density at radius 1 is 0.262 bits per heavy atom. The second-order valence-electron chi connectivity index (χ2n) is 32.5. The van der Waals surface area contributed by atoms with Crippen LogP contribution in [-0.2, 0) is 0 Å². The van der Waals surface area contributed by atoms with Crippen LogP contribution in [0.15, 0.2) is 176 Å². The normalized spacial score (nSPS) is 11.3. The van der Waals surface area contributed by atoms with E-state index < -0.39 is 57.1 Å². The highest BCUT2D eigenvalue weighted by Crippen LogP contribution is 2.38. The number of fused-ring (bicyclic) bond motifs is 4. The maximum absolute atomic E-state index is 14.4. The van der Waals surface area contributed by atoms with Crippen LogP contribution in [0.1, 0.15) is 167 Å². The number of para-hydroxylation sites is 4. The first-order valence-corrected chi connectivity index (χ1v) is 41.5. The van der Waals surface area contributed by atoms with Crippen LogP contribution in [-0.4, -0.2) is 142 Å². The van der Waals surface area contributed by atoms with E-state index in [1.807, 2.05) is 83.1 Å². The standard InChI is InChI=1S/C93H91N19O18/c1-48(2)42-125-54-34-62(94-64(36-54)90(117)107-78-30-18-32-80(103-78)109-92(119)68-40-72(127-44-50(5)6)56-20-13-24-60(82(56)96-68)100-86(113)66-38-74(129-46-52(9)10)58-22-15-26-70(111(121)122)84(58)98-66)88(115)105-76-28-17-29-77(102-76)106-89(116)63-35-55(126-43-49(3)4)37-65(95-63)91(118)108-79-31-19-33-81(104-79)110-93(120)69-41-73(128-45-51(7)8)57-21-14-25-61(83(57)97-69)101-87(114)67-39-75(130-47-53(11)12)59-23-16-27-71(112(123)124)85(59)99-67/h13-41,48-53H,42-47H2,1-12H3,(H,100,113)(H,101,114)(H2,102,105,106,115,116)(H2,103,107,109,117,119)(H2,104,108,110,118,120). The summed E-state index contributed by atoms with van der Waals surface area (Å²) in [6.07, 6.45) is 0. The first kappa shape index (κ1) is 91.3. The van der Waals surface area contributed by atoms with Crippen LogP contribution in [0.4, 0.5) is 57.7 Å². The van der Waals surface area contributed by atoms with Gasteiger partial charge < -0.3 is 71.0 Å². The molecular weight excluding hydrogens is 1670 g/mol. The molecule has 8 N–H and O–H groups in total. The lowest BCUT2D eigenvalue weighted by atomic mass is 10.1. The summed E-state index contributed by atoms with van der Waals surface area (Å²) in [6, 6.07) is 42.8. The summed E-state index contributed by atoms with van der Waals surface area (Å²) in [5.74, 6) is -5.52. The summed E-state index contributed by atoms with van der Waals surface area (Å²) in [5, 5.41) is 47.6. The molecule has 0 fully saturated rings. The number of non-ortho nitro benzene ring substituents is 2. The van der Waals surface area contributed by atoms with E-state index in [1.165, 1.54) is 127 Å². The van der Waals surface area contributed by atoms with Gasteiger partial charge in [-0.25, -0.2) is 44.9 Å². The van der Waals surface area contributed by atoms with Crippen molar-refractivity contribution in [2.45, 2.75) is 83.1 Å². The fourth-order valence-electron chi connectivity index (χ4n) is 12.6. The van der Waals surface area contributed by atoms with Gasteiger partial charge in [-0.1, -0.05) is 126 Å². The molecule has 0 radical (unpaired) electrons. The molecule has 37 heteroatoms. The Morgan fingerprint density at radius 3 is 0.715 bits per heavy atom. The third-order valence-corrected chi connectivity index (χ3v) is 18.7. The Kier molecular flexibility index (Phi) is 28.6. The van der Waals surface area contributed by atoms with E-state index in [-0.39, 0.29) is 235 Å². The predicted molar refractivity (Wildman–Crippen MR) is 487 cm³/mol. The minimum absolute atomic E-state index is 0.000164. The fourth-order valence-corrected chi connectivity index (χ4v) is 12.6. The van der Waals surface area contributed by atoms with Gasteiger partial charge in [0.25, 0.3) is 58.6 Å². The van der Waals surface area contributed by atoms with Crippen molar-refractivity contribution in [2.24, 2.45) is 35.5 Å². The van der Waals surface area contributed by atoms with Crippen molar-refractivity contribution in [3.05, 3.63) is 242 Å². The number of carbonyl (C=O) groups excluding carboxylic acids is 8. The van der Waals surface area contributed by atoms with Crippen LogP contribution in [0.3, 0.4) is 0 Å². The number of benzene rings is 4. The van der Waals surface area contributed by atoms with Crippen molar-refractivity contribution in [1.82, 2.24) is 44.9 Å². The van der Waals surface area contributed by atoms with Gasteiger partial charge in [0, 0.05) is 82.2 Å². The molecule has 9 aromatic heterocycles. The van der Waals surface area contributed by atoms with Crippen molar-refractivity contribution in [3.8, 4) is 34.5 Å². The summed E-state index contributed by atoms with van der Waals surface area (Å²) < 4.78 is 36.6. The van der Waals surface area contributed by atoms with Gasteiger partial charge in [-0.05, 0) is 108 Å². The van der Waals surface area contributed by atoms with Gasteiger partial charge in [-0.15, -0.1) is 0 Å². The number of rotatable bonds is 36. The molecular formula is C93H91N19O18. The molecule has 0 aliphatic carbocycles. The molecule has 0 bridgehead atoms. The van der Waals surface area contributed by atoms with E-state index in [9.17, 15) is 58.6 Å². The van der Waals surface area contributed by atoms with Crippen LogP contribution >= 0.6 is 0 Å². The molecule has 37 nitrogen and oxygen atoms in total. The average Bonchev–Trinajstić information content (AvgIpc) is 0.779. The summed E-state index contributed by atoms with van der Waals surface area (Å²) in [7, 11) is 0. The maximum atomic E-state index is 14.4. The van der Waals surface area contributed by atoms with Gasteiger partial charge in [0.05, 0.1) is 71.9 Å². The Hall–Kier alpha value is -16.4. The van der Waals surface area contributed by atoms with E-state index in [0.29, 0.717) is 21.5 Å². The Morgan fingerprint density at radius 2 is 0.469 bits per heavy atom. The number of nitro benzene ring substituents is 2. The van der Waals surface area contributed by atoms with Crippen LogP contribution in [0.25, 0.3) is 43.6 Å². The summed E-state index contributed by atoms with van der Waals surface area (Å²) in [4.78, 5) is 178. The van der Waals surface area contributed by atoms with Crippen molar-refractivity contribution in [3.63, 3.8) is 0 Å². The van der Waals surface area contributed by atoms with Crippen molar-refractivity contribution in [2.75, 3.05) is 82.2 Å². The van der Waals surface area contributed by atoms with Gasteiger partial charge >= 0.3 is 0 Å². The molecule has 130 heavy (non-hydrogen) atoms. The zero-order chi connectivity index (χ0) is 92.7. The minimum atomic E-state index is -0.857. The lowest BCUT2D eigenvalue weighted by Gasteiger charge is -2.16. The first-order valence-electron chi connectivity index (χ1n) is 41.5. The monoisotopic (exact) mass is 1760 g/mol. The Balaban J connectivity index is 0.683. The third-order valence-electron chi connectivity index (χ3n) is 18.7. The molecule has 0 saturated carbocycles. The number of anilines is 8. The number of hydrogen-bond donors (Lipinski definition) is 8. The zero-order valence-electron chi connectivity index (χ0n) is 72.7. The van der Waals surface area contributed by atoms with Crippen molar-refractivity contribution in [1.29, 1.82) is 0 Å². The van der Waals surface area contributed by atoms with Crippen LogP contribution < -0.4 is 71.0 Å². The molecule has 0 aliphatic rings. The molecule has 0 unspecified atom stereocenters. The molecule has 0 saturated heterocycles. The molecule has 666 valence electrons. The highest BCUT2D eigenvalue weighted by molar-refractivity contribution is 6.15. The van der Waals surface area contributed by atoms with Crippen molar-refractivity contribution < 1.29 is 76.6 Å². The number of hydrogen-bond acceptors (Lipinski definition) is 27. The number of nitrogens with zero attached hydrogens (tertiary/aromatic N) is 11. The van der Waals surface area contributed by atoms with E-state index in [0.717, 1.165) is 0 Å². The van der Waals surface area contributed by atoms with E-state index in [1.54, 1.807) is 48.5 Å². The Bertz CT molecular complexity index is 6220. The van der Waals surface area contributed by atoms with Gasteiger partial charge in [0.15, 0.2) is 11.0 Å². The van der Waals surface area contributed by atoms with Crippen LogP contribution in [0.5, 0.6) is 34.5 Å². The average molecular weight is 1760 g/mol. The number of amides is 8. The van der Waals surface area contributed by atoms with E-state index >= 15 is 0 Å². The molecule has 9 heterocycles. The number of nitrogens with one attached hydrogen (secondary N) is 8. The number of ether oxygens (including phenoxy) is 6. The first-order chi connectivity index (χ1) is 62.2. The number of carbonyl (C=O) groups is 8. The number of nitro groups is 2. The second kappa shape index (κ2) is 40.7. The summed E-state index contributed by atoms with van der Waals surface area (Å²) in [6.45, 7) is 24.3. The van der Waals surface area contributed by atoms with Gasteiger partial charge in [-0.3, -0.25) is 58.6 Å². The lowest BCUT2D eigenvalue weighted by molar-refractivity contribution is -0.383. The molecule has 0 aliphatic heterocycles. The Labute approximate surface area is 743 Å². The number of aromatic nitrogens is 9. The van der Waals surface area contributed by atoms with E-state index in [4.69, 9.17) is 38.4 Å². The number of pyridine rings is 9. The summed E-state index contributed by atoms with van der Waals surface area (Å²) >= 11 is 0. The van der Waals surface area contributed by atoms with Crippen LogP contribution in [0.2, 0.25) is 0 Å². The topological polar surface area (TPSA) is 490 Å². The second-order valence-corrected chi connectivity index (χ2v) is 32.5. The van der Waals surface area contributed by atoms with Crippen LogP contribution in [0, 0.1) is 55.7 Å².